The van der Waals surface area contributed by atoms with Gasteiger partial charge in [0.15, 0.2) is 0 Å². The number of aryl methyl sites for hydroxylation is 1. The summed E-state index contributed by atoms with van der Waals surface area (Å²) in [6.45, 7) is 6.15. The highest BCUT2D eigenvalue weighted by molar-refractivity contribution is 6.17. The molecule has 0 N–H and O–H groups in total. The van der Waals surface area contributed by atoms with Crippen LogP contribution in [0, 0.1) is 0 Å². The van der Waals surface area contributed by atoms with Crippen LogP contribution >= 0.6 is 11.6 Å². The molecule has 1 aromatic carbocycles. The third-order valence-electron chi connectivity index (χ3n) is 1.95. The first kappa shape index (κ1) is 12.4. The molecule has 84 valence electrons. The van der Waals surface area contributed by atoms with Crippen LogP contribution in [0.5, 0.6) is 5.75 Å². The van der Waals surface area contributed by atoms with E-state index in [0.29, 0.717) is 0 Å². The van der Waals surface area contributed by atoms with Crippen molar-refractivity contribution in [3.05, 3.63) is 29.8 Å². The second kappa shape index (κ2) is 5.41. The van der Waals surface area contributed by atoms with Gasteiger partial charge >= 0.3 is 0 Å². The number of hydrogen-bond acceptors (Lipinski definition) is 1. The number of alkyl halides is 1. The van der Waals surface area contributed by atoms with Crippen molar-refractivity contribution in [2.75, 3.05) is 5.88 Å². The molecule has 0 amide bonds. The lowest BCUT2D eigenvalue weighted by Crippen LogP contribution is -2.22. The summed E-state index contributed by atoms with van der Waals surface area (Å²) in [5.74, 6) is 1.65. The number of hydrogen-bond donors (Lipinski definition) is 0. The molecule has 15 heavy (non-hydrogen) atoms. The van der Waals surface area contributed by atoms with Gasteiger partial charge in [-0.05, 0) is 51.3 Å². The largest absolute Gasteiger partial charge is 0.488 e. The number of rotatable bonds is 4. The predicted molar refractivity (Wildman–Crippen MR) is 65.9 cm³/mol. The molecule has 1 aromatic rings. The zero-order chi connectivity index (χ0) is 11.3. The molecule has 0 aliphatic rings. The Balaban J connectivity index is 2.56. The Morgan fingerprint density at radius 2 is 1.73 bits per heavy atom. The molecule has 0 bridgehead atoms. The van der Waals surface area contributed by atoms with Crippen molar-refractivity contribution < 1.29 is 4.74 Å². The van der Waals surface area contributed by atoms with Crippen LogP contribution in [0.25, 0.3) is 0 Å². The van der Waals surface area contributed by atoms with Crippen molar-refractivity contribution >= 4 is 11.6 Å². The molecular formula is C13H19ClO. The zero-order valence-corrected chi connectivity index (χ0v) is 10.5. The quantitative estimate of drug-likeness (QED) is 0.705. The van der Waals surface area contributed by atoms with Crippen LogP contribution in [-0.2, 0) is 6.42 Å². The van der Waals surface area contributed by atoms with E-state index in [1.807, 2.05) is 12.1 Å². The second-order valence-corrected chi connectivity index (χ2v) is 5.03. The molecule has 1 rings (SSSR count). The average molecular weight is 227 g/mol. The molecule has 0 saturated heterocycles. The Hall–Kier alpha value is -0.690. The van der Waals surface area contributed by atoms with Crippen LogP contribution in [0.15, 0.2) is 24.3 Å². The monoisotopic (exact) mass is 226 g/mol. The Morgan fingerprint density at radius 1 is 1.13 bits per heavy atom. The Kier molecular flexibility index (Phi) is 4.46. The Labute approximate surface area is 97.4 Å². The molecule has 0 saturated carbocycles. The van der Waals surface area contributed by atoms with Gasteiger partial charge in [-0.2, -0.15) is 0 Å². The molecule has 0 atom stereocenters. The van der Waals surface area contributed by atoms with Crippen molar-refractivity contribution in [3.63, 3.8) is 0 Å². The van der Waals surface area contributed by atoms with Gasteiger partial charge in [0.1, 0.15) is 11.4 Å². The van der Waals surface area contributed by atoms with E-state index in [2.05, 4.69) is 32.9 Å². The van der Waals surface area contributed by atoms with Crippen molar-refractivity contribution in [1.82, 2.24) is 0 Å². The van der Waals surface area contributed by atoms with E-state index >= 15 is 0 Å². The van der Waals surface area contributed by atoms with Gasteiger partial charge < -0.3 is 4.74 Å². The molecule has 0 aromatic heterocycles. The molecule has 0 heterocycles. The summed E-state index contributed by atoms with van der Waals surface area (Å²) in [5, 5.41) is 0. The van der Waals surface area contributed by atoms with Crippen LogP contribution in [0.3, 0.4) is 0 Å². The van der Waals surface area contributed by atoms with Crippen LogP contribution < -0.4 is 4.74 Å². The minimum Gasteiger partial charge on any atom is -0.488 e. The summed E-state index contributed by atoms with van der Waals surface area (Å²) in [5.41, 5.74) is 1.19. The van der Waals surface area contributed by atoms with Crippen molar-refractivity contribution in [2.45, 2.75) is 39.2 Å². The van der Waals surface area contributed by atoms with Crippen LogP contribution in [-0.4, -0.2) is 11.5 Å². The normalized spacial score (nSPS) is 11.5. The Bertz CT molecular complexity index is 284. The molecule has 0 aliphatic heterocycles. The minimum atomic E-state index is -0.127. The predicted octanol–water partition coefficient (Wildman–Crippen LogP) is 4.04. The second-order valence-electron chi connectivity index (χ2n) is 4.65. The first-order valence-electron chi connectivity index (χ1n) is 5.35. The number of ether oxygens (including phenoxy) is 1. The van der Waals surface area contributed by atoms with E-state index in [1.165, 1.54) is 5.56 Å². The van der Waals surface area contributed by atoms with Crippen LogP contribution in [0.1, 0.15) is 32.8 Å². The van der Waals surface area contributed by atoms with E-state index in [9.17, 15) is 0 Å². The maximum Gasteiger partial charge on any atom is 0.120 e. The van der Waals surface area contributed by atoms with Gasteiger partial charge in [0.25, 0.3) is 0 Å². The van der Waals surface area contributed by atoms with Gasteiger partial charge in [-0.3, -0.25) is 0 Å². The fraction of sp³-hybridized carbons (Fsp3) is 0.538. The maximum absolute atomic E-state index is 5.74. The third-order valence-corrected chi connectivity index (χ3v) is 2.21. The molecule has 0 aliphatic carbocycles. The van der Waals surface area contributed by atoms with Gasteiger partial charge in [-0.1, -0.05) is 12.1 Å². The van der Waals surface area contributed by atoms with Crippen LogP contribution in [0.4, 0.5) is 0 Å². The van der Waals surface area contributed by atoms with Gasteiger partial charge in [0.2, 0.25) is 0 Å². The first-order chi connectivity index (χ1) is 7.01. The van der Waals surface area contributed by atoms with Crippen molar-refractivity contribution in [3.8, 4) is 5.75 Å². The maximum atomic E-state index is 5.74. The van der Waals surface area contributed by atoms with E-state index in [0.717, 1.165) is 24.5 Å². The van der Waals surface area contributed by atoms with E-state index in [4.69, 9.17) is 16.3 Å². The fourth-order valence-corrected chi connectivity index (χ4v) is 1.48. The van der Waals surface area contributed by atoms with E-state index in [-0.39, 0.29) is 5.60 Å². The summed E-state index contributed by atoms with van der Waals surface area (Å²) in [6.07, 6.45) is 2.07. The molecule has 0 radical (unpaired) electrons. The van der Waals surface area contributed by atoms with Gasteiger partial charge in [-0.15, -0.1) is 11.6 Å². The highest BCUT2D eigenvalue weighted by Gasteiger charge is 2.11. The van der Waals surface area contributed by atoms with Gasteiger partial charge in [0.05, 0.1) is 0 Å². The smallest absolute Gasteiger partial charge is 0.120 e. The van der Waals surface area contributed by atoms with E-state index in [1.54, 1.807) is 0 Å². The lowest BCUT2D eigenvalue weighted by molar-refractivity contribution is 0.131. The Morgan fingerprint density at radius 3 is 2.20 bits per heavy atom. The summed E-state index contributed by atoms with van der Waals surface area (Å²) >= 11 is 5.65. The number of halogens is 1. The number of benzene rings is 1. The molecule has 1 nitrogen and oxygen atoms in total. The lowest BCUT2D eigenvalue weighted by Gasteiger charge is -2.21. The fourth-order valence-electron chi connectivity index (χ4n) is 1.35. The highest BCUT2D eigenvalue weighted by Crippen LogP contribution is 2.18. The molecule has 0 spiro atoms. The van der Waals surface area contributed by atoms with Crippen LogP contribution in [0.2, 0.25) is 0 Å². The minimum absolute atomic E-state index is 0.127. The molecular weight excluding hydrogens is 208 g/mol. The third kappa shape index (κ3) is 5.08. The first-order valence-corrected chi connectivity index (χ1v) is 5.88. The summed E-state index contributed by atoms with van der Waals surface area (Å²) in [7, 11) is 0. The highest BCUT2D eigenvalue weighted by atomic mass is 35.5. The molecule has 0 fully saturated rings. The SMILES string of the molecule is CC(C)(C)Oc1ccc(CCCCl)cc1. The zero-order valence-electron chi connectivity index (χ0n) is 9.72. The van der Waals surface area contributed by atoms with Gasteiger partial charge in [0, 0.05) is 5.88 Å². The summed E-state index contributed by atoms with van der Waals surface area (Å²) in [4.78, 5) is 0. The topological polar surface area (TPSA) is 9.23 Å². The standard InChI is InChI=1S/C13H19ClO/c1-13(2,3)15-12-8-6-11(7-9-12)5-4-10-14/h6-9H,4-5,10H2,1-3H3. The van der Waals surface area contributed by atoms with Crippen molar-refractivity contribution in [1.29, 1.82) is 0 Å². The van der Waals surface area contributed by atoms with E-state index < -0.39 is 0 Å². The van der Waals surface area contributed by atoms with Gasteiger partial charge in [-0.25, -0.2) is 0 Å². The lowest BCUT2D eigenvalue weighted by atomic mass is 10.1. The summed E-state index contributed by atoms with van der Waals surface area (Å²) in [6, 6.07) is 8.25. The summed E-state index contributed by atoms with van der Waals surface area (Å²) < 4.78 is 5.74. The average Bonchev–Trinajstić information content (AvgIpc) is 2.14. The molecule has 2 heteroatoms. The molecule has 0 unspecified atom stereocenters. The van der Waals surface area contributed by atoms with Crippen molar-refractivity contribution in [2.24, 2.45) is 0 Å².